The van der Waals surface area contributed by atoms with E-state index in [0.29, 0.717) is 6.61 Å². The molecule has 82 valence electrons. The van der Waals surface area contributed by atoms with Crippen LogP contribution in [0.25, 0.3) is 0 Å². The maximum atomic E-state index is 11.1. The second-order valence-electron chi connectivity index (χ2n) is 3.84. The van der Waals surface area contributed by atoms with Gasteiger partial charge in [0.2, 0.25) is 0 Å². The second kappa shape index (κ2) is 4.28. The van der Waals surface area contributed by atoms with Gasteiger partial charge in [0, 0.05) is 13.2 Å². The van der Waals surface area contributed by atoms with Crippen LogP contribution in [-0.4, -0.2) is 48.8 Å². The molecule has 0 aromatic heterocycles. The fourth-order valence-electron chi connectivity index (χ4n) is 2.13. The SMILES string of the molecule is CCN(CC)C1C[C@@]1(COC)C(=O)O. The zero-order chi connectivity index (χ0) is 10.8. The average Bonchev–Trinajstić information content (AvgIpc) is 2.84. The van der Waals surface area contributed by atoms with Crippen molar-refractivity contribution in [3.05, 3.63) is 0 Å². The molecule has 1 fully saturated rings. The van der Waals surface area contributed by atoms with Gasteiger partial charge < -0.3 is 9.84 Å². The van der Waals surface area contributed by atoms with Crippen molar-refractivity contribution in [2.45, 2.75) is 26.3 Å². The van der Waals surface area contributed by atoms with E-state index in [-0.39, 0.29) is 6.04 Å². The Kier molecular flexibility index (Phi) is 3.50. The third-order valence-electron chi connectivity index (χ3n) is 3.12. The number of methoxy groups -OCH3 is 1. The van der Waals surface area contributed by atoms with Crippen molar-refractivity contribution in [2.75, 3.05) is 26.8 Å². The van der Waals surface area contributed by atoms with Gasteiger partial charge in [0.05, 0.1) is 6.61 Å². The molecule has 0 heterocycles. The zero-order valence-electron chi connectivity index (χ0n) is 9.12. The maximum Gasteiger partial charge on any atom is 0.313 e. The minimum Gasteiger partial charge on any atom is -0.481 e. The first-order valence-electron chi connectivity index (χ1n) is 5.08. The Bertz CT molecular complexity index is 215. The molecule has 1 N–H and O–H groups in total. The highest BCUT2D eigenvalue weighted by atomic mass is 16.5. The van der Waals surface area contributed by atoms with E-state index in [1.165, 1.54) is 0 Å². The Morgan fingerprint density at radius 3 is 2.50 bits per heavy atom. The number of carboxylic acid groups (broad SMARTS) is 1. The fraction of sp³-hybridized carbons (Fsp3) is 0.900. The first-order valence-corrected chi connectivity index (χ1v) is 5.08. The number of rotatable bonds is 6. The summed E-state index contributed by atoms with van der Waals surface area (Å²) in [5.41, 5.74) is -0.638. The van der Waals surface area contributed by atoms with Crippen LogP contribution < -0.4 is 0 Å². The number of hydrogen-bond donors (Lipinski definition) is 1. The summed E-state index contributed by atoms with van der Waals surface area (Å²) < 4.78 is 4.99. The number of carboxylic acids is 1. The molecule has 1 rings (SSSR count). The Morgan fingerprint density at radius 2 is 2.14 bits per heavy atom. The summed E-state index contributed by atoms with van der Waals surface area (Å²) in [6.07, 6.45) is 0.720. The summed E-state index contributed by atoms with van der Waals surface area (Å²) >= 11 is 0. The van der Waals surface area contributed by atoms with Gasteiger partial charge in [0.1, 0.15) is 5.41 Å². The summed E-state index contributed by atoms with van der Waals surface area (Å²) in [6, 6.07) is 0.162. The lowest BCUT2D eigenvalue weighted by Gasteiger charge is -2.21. The molecule has 1 aliphatic rings. The molecule has 0 aromatic rings. The van der Waals surface area contributed by atoms with Gasteiger partial charge in [0.25, 0.3) is 0 Å². The van der Waals surface area contributed by atoms with Crippen molar-refractivity contribution >= 4 is 5.97 Å². The van der Waals surface area contributed by atoms with Crippen molar-refractivity contribution in [2.24, 2.45) is 5.41 Å². The number of carbonyl (C=O) groups is 1. The highest BCUT2D eigenvalue weighted by molar-refractivity contribution is 5.80. The van der Waals surface area contributed by atoms with E-state index in [9.17, 15) is 4.79 Å². The molecule has 0 amide bonds. The van der Waals surface area contributed by atoms with E-state index in [1.54, 1.807) is 7.11 Å². The lowest BCUT2D eigenvalue weighted by atomic mass is 10.1. The molecule has 0 saturated heterocycles. The summed E-state index contributed by atoms with van der Waals surface area (Å²) in [7, 11) is 1.56. The minimum atomic E-state index is -0.726. The molecule has 0 bridgehead atoms. The van der Waals surface area contributed by atoms with Crippen molar-refractivity contribution < 1.29 is 14.6 Å². The van der Waals surface area contributed by atoms with E-state index < -0.39 is 11.4 Å². The maximum absolute atomic E-state index is 11.1. The van der Waals surface area contributed by atoms with E-state index in [4.69, 9.17) is 9.84 Å². The quantitative estimate of drug-likeness (QED) is 0.691. The fourth-order valence-corrected chi connectivity index (χ4v) is 2.13. The van der Waals surface area contributed by atoms with Crippen molar-refractivity contribution in [3.8, 4) is 0 Å². The number of nitrogens with zero attached hydrogens (tertiary/aromatic N) is 1. The van der Waals surface area contributed by atoms with Crippen LogP contribution >= 0.6 is 0 Å². The topological polar surface area (TPSA) is 49.8 Å². The van der Waals surface area contributed by atoms with Crippen LogP contribution in [0.4, 0.5) is 0 Å². The molecule has 1 unspecified atom stereocenters. The van der Waals surface area contributed by atoms with E-state index in [1.807, 2.05) is 0 Å². The van der Waals surface area contributed by atoms with Crippen LogP contribution in [0.1, 0.15) is 20.3 Å². The van der Waals surface area contributed by atoms with Crippen LogP contribution in [0.3, 0.4) is 0 Å². The van der Waals surface area contributed by atoms with Gasteiger partial charge in [0.15, 0.2) is 0 Å². The first-order chi connectivity index (χ1) is 6.62. The predicted octanol–water partition coefficient (Wildman–Crippen LogP) is 0.818. The van der Waals surface area contributed by atoms with Gasteiger partial charge in [-0.05, 0) is 19.5 Å². The van der Waals surface area contributed by atoms with Crippen molar-refractivity contribution in [3.63, 3.8) is 0 Å². The van der Waals surface area contributed by atoms with E-state index in [2.05, 4.69) is 18.7 Å². The Morgan fingerprint density at radius 1 is 1.57 bits per heavy atom. The van der Waals surface area contributed by atoms with Crippen LogP contribution in [0.15, 0.2) is 0 Å². The Balaban J connectivity index is 2.64. The smallest absolute Gasteiger partial charge is 0.313 e. The van der Waals surface area contributed by atoms with Gasteiger partial charge >= 0.3 is 5.97 Å². The average molecular weight is 201 g/mol. The summed E-state index contributed by atoms with van der Waals surface area (Å²) in [5, 5.41) is 9.14. The van der Waals surface area contributed by atoms with Crippen molar-refractivity contribution in [1.82, 2.24) is 4.90 Å². The summed E-state index contributed by atoms with van der Waals surface area (Å²) in [5.74, 6) is -0.726. The molecule has 1 aliphatic carbocycles. The van der Waals surface area contributed by atoms with Gasteiger partial charge in [-0.15, -0.1) is 0 Å². The van der Waals surface area contributed by atoms with E-state index >= 15 is 0 Å². The molecule has 0 aliphatic heterocycles. The molecular formula is C10H19NO3. The van der Waals surface area contributed by atoms with Gasteiger partial charge in [-0.25, -0.2) is 0 Å². The largest absolute Gasteiger partial charge is 0.481 e. The Labute approximate surface area is 84.8 Å². The monoisotopic (exact) mass is 201 g/mol. The van der Waals surface area contributed by atoms with Crippen molar-refractivity contribution in [1.29, 1.82) is 0 Å². The molecule has 4 nitrogen and oxygen atoms in total. The normalized spacial score (nSPS) is 30.7. The molecule has 2 atom stereocenters. The summed E-state index contributed by atoms with van der Waals surface area (Å²) in [4.78, 5) is 13.3. The summed E-state index contributed by atoms with van der Waals surface area (Å²) in [6.45, 7) is 6.24. The van der Waals surface area contributed by atoms with Crippen LogP contribution in [0, 0.1) is 5.41 Å². The molecule has 1 saturated carbocycles. The third-order valence-corrected chi connectivity index (χ3v) is 3.12. The second-order valence-corrected chi connectivity index (χ2v) is 3.84. The molecule has 0 aromatic carbocycles. The lowest BCUT2D eigenvalue weighted by molar-refractivity contribution is -0.146. The highest BCUT2D eigenvalue weighted by Gasteiger charge is 2.62. The predicted molar refractivity (Wildman–Crippen MR) is 53.3 cm³/mol. The minimum absolute atomic E-state index is 0.162. The third kappa shape index (κ3) is 1.77. The van der Waals surface area contributed by atoms with Gasteiger partial charge in [-0.3, -0.25) is 9.69 Å². The zero-order valence-corrected chi connectivity index (χ0v) is 9.12. The van der Waals surface area contributed by atoms with Gasteiger partial charge in [-0.1, -0.05) is 13.8 Å². The number of ether oxygens (including phenoxy) is 1. The molecule has 4 heteroatoms. The lowest BCUT2D eigenvalue weighted by Crippen LogP contribution is -2.35. The molecular weight excluding hydrogens is 182 g/mol. The van der Waals surface area contributed by atoms with Crippen LogP contribution in [0.2, 0.25) is 0 Å². The Hall–Kier alpha value is -0.610. The number of aliphatic carboxylic acids is 1. The molecule has 0 spiro atoms. The highest BCUT2D eigenvalue weighted by Crippen LogP contribution is 2.49. The standard InChI is InChI=1S/C10H19NO3/c1-4-11(5-2)8-6-10(8,7-14-3)9(12)13/h8H,4-7H2,1-3H3,(H,12,13)/t8?,10-/m0/s1. The molecule has 0 radical (unpaired) electrons. The first kappa shape index (κ1) is 11.5. The van der Waals surface area contributed by atoms with Gasteiger partial charge in [-0.2, -0.15) is 0 Å². The van der Waals surface area contributed by atoms with Crippen LogP contribution in [-0.2, 0) is 9.53 Å². The number of hydrogen-bond acceptors (Lipinski definition) is 3. The molecule has 14 heavy (non-hydrogen) atoms. The van der Waals surface area contributed by atoms with Crippen LogP contribution in [0.5, 0.6) is 0 Å². The van der Waals surface area contributed by atoms with E-state index in [0.717, 1.165) is 19.5 Å².